The third-order valence-corrected chi connectivity index (χ3v) is 4.86. The summed E-state index contributed by atoms with van der Waals surface area (Å²) >= 11 is 3.19. The van der Waals surface area contributed by atoms with Crippen LogP contribution in [0.5, 0.6) is 5.75 Å². The lowest BCUT2D eigenvalue weighted by Crippen LogP contribution is -2.10. The van der Waals surface area contributed by atoms with Crippen LogP contribution in [0, 0.1) is 5.82 Å². The van der Waals surface area contributed by atoms with Crippen molar-refractivity contribution >= 4 is 27.0 Å². The van der Waals surface area contributed by atoms with E-state index >= 15 is 0 Å². The Hall–Kier alpha value is -2.02. The maximum atomic E-state index is 13.7. The monoisotopic (exact) mass is 396 g/mol. The summed E-state index contributed by atoms with van der Waals surface area (Å²) in [4.78, 5) is 4.47. The van der Waals surface area contributed by atoms with E-state index in [1.807, 2.05) is 4.57 Å². The van der Waals surface area contributed by atoms with E-state index in [4.69, 9.17) is 0 Å². The number of aryl methyl sites for hydroxylation is 1. The van der Waals surface area contributed by atoms with Gasteiger partial charge in [0.15, 0.2) is 0 Å². The number of hydrogen-bond acceptors (Lipinski definition) is 2. The molecule has 1 aromatic heterocycles. The normalized spacial score (nSPS) is 16.8. The Balaban J connectivity index is 1.86. The average Bonchev–Trinajstić information content (AvgIpc) is 3.08. The molecule has 0 N–H and O–H groups in total. The van der Waals surface area contributed by atoms with Crippen molar-refractivity contribution in [1.29, 1.82) is 0 Å². The first-order chi connectivity index (χ1) is 11.5. The second kappa shape index (κ2) is 5.81. The van der Waals surface area contributed by atoms with Crippen molar-refractivity contribution in [3.05, 3.63) is 58.1 Å². The molecule has 3 nitrogen and oxygen atoms in total. The molecule has 24 heavy (non-hydrogen) atoms. The van der Waals surface area contributed by atoms with Gasteiger partial charge in [-0.25, -0.2) is 9.37 Å². The Kier molecular flexibility index (Phi) is 3.75. The van der Waals surface area contributed by atoms with Crippen LogP contribution in [0.4, 0.5) is 13.2 Å². The van der Waals surface area contributed by atoms with E-state index in [1.165, 1.54) is 12.1 Å². The zero-order valence-electron chi connectivity index (χ0n) is 12.3. The van der Waals surface area contributed by atoms with Gasteiger partial charge >= 0.3 is 6.61 Å². The van der Waals surface area contributed by atoms with Crippen molar-refractivity contribution in [2.24, 2.45) is 0 Å². The number of para-hydroxylation sites is 1. The summed E-state index contributed by atoms with van der Waals surface area (Å²) in [5.41, 5.74) is 2.01. The fourth-order valence-corrected chi connectivity index (χ4v) is 3.64. The van der Waals surface area contributed by atoms with Crippen molar-refractivity contribution < 1.29 is 17.9 Å². The minimum atomic E-state index is -2.88. The van der Waals surface area contributed by atoms with Crippen molar-refractivity contribution in [1.82, 2.24) is 9.55 Å². The van der Waals surface area contributed by atoms with Gasteiger partial charge < -0.3 is 9.30 Å². The Morgan fingerprint density at radius 2 is 2.04 bits per heavy atom. The van der Waals surface area contributed by atoms with Gasteiger partial charge in [-0.15, -0.1) is 0 Å². The van der Waals surface area contributed by atoms with E-state index in [-0.39, 0.29) is 17.6 Å². The average molecular weight is 397 g/mol. The van der Waals surface area contributed by atoms with Crippen LogP contribution in [-0.2, 0) is 6.42 Å². The van der Waals surface area contributed by atoms with Gasteiger partial charge in [0.25, 0.3) is 0 Å². The molecule has 1 aliphatic rings. The van der Waals surface area contributed by atoms with Gasteiger partial charge in [0.1, 0.15) is 17.4 Å². The number of ether oxygens (including phenoxy) is 1. The SMILES string of the molecule is Fc1cc2nc3n(c2cc1Br)[C@@H](c1ccccc1OC(F)F)CC3. The quantitative estimate of drug-likeness (QED) is 0.617. The lowest BCUT2D eigenvalue weighted by Gasteiger charge is -2.18. The number of alkyl halides is 2. The van der Waals surface area contributed by atoms with E-state index in [9.17, 15) is 13.2 Å². The van der Waals surface area contributed by atoms with Crippen LogP contribution in [0.3, 0.4) is 0 Å². The summed E-state index contributed by atoms with van der Waals surface area (Å²) in [6.45, 7) is -2.88. The van der Waals surface area contributed by atoms with Crippen LogP contribution in [0.25, 0.3) is 11.0 Å². The molecule has 2 aromatic carbocycles. The molecule has 0 saturated carbocycles. The Labute approximate surface area is 144 Å². The molecule has 0 unspecified atom stereocenters. The first kappa shape index (κ1) is 15.5. The molecule has 0 saturated heterocycles. The largest absolute Gasteiger partial charge is 0.434 e. The first-order valence-corrected chi connectivity index (χ1v) is 8.23. The fraction of sp³-hybridized carbons (Fsp3) is 0.235. The zero-order chi connectivity index (χ0) is 16.8. The van der Waals surface area contributed by atoms with Crippen molar-refractivity contribution in [3.8, 4) is 5.75 Å². The smallest absolute Gasteiger partial charge is 0.387 e. The molecule has 2 heterocycles. The molecule has 124 valence electrons. The number of benzene rings is 2. The first-order valence-electron chi connectivity index (χ1n) is 7.44. The summed E-state index contributed by atoms with van der Waals surface area (Å²) in [7, 11) is 0. The molecule has 4 rings (SSSR count). The predicted octanol–water partition coefficient (Wildman–Crippen LogP) is 5.07. The van der Waals surface area contributed by atoms with Gasteiger partial charge in [0, 0.05) is 18.1 Å². The van der Waals surface area contributed by atoms with Gasteiger partial charge in [-0.05, 0) is 34.5 Å². The van der Waals surface area contributed by atoms with E-state index < -0.39 is 6.61 Å². The maximum absolute atomic E-state index is 13.7. The van der Waals surface area contributed by atoms with Crippen LogP contribution in [0.15, 0.2) is 40.9 Å². The second-order valence-electron chi connectivity index (χ2n) is 5.62. The molecule has 0 aliphatic carbocycles. The number of imidazole rings is 1. The number of aromatic nitrogens is 2. The summed E-state index contributed by atoms with van der Waals surface area (Å²) < 4.78 is 46.1. The molecule has 1 aliphatic heterocycles. The summed E-state index contributed by atoms with van der Waals surface area (Å²) in [5, 5.41) is 0. The number of rotatable bonds is 3. The van der Waals surface area contributed by atoms with Crippen LogP contribution in [0.1, 0.15) is 23.9 Å². The summed E-state index contributed by atoms with van der Waals surface area (Å²) in [6.07, 6.45) is 1.43. The van der Waals surface area contributed by atoms with Crippen molar-refractivity contribution in [3.63, 3.8) is 0 Å². The van der Waals surface area contributed by atoms with Gasteiger partial charge in [-0.3, -0.25) is 0 Å². The van der Waals surface area contributed by atoms with Crippen LogP contribution >= 0.6 is 15.9 Å². The molecule has 0 amide bonds. The maximum Gasteiger partial charge on any atom is 0.387 e. The fourth-order valence-electron chi connectivity index (χ4n) is 3.31. The Morgan fingerprint density at radius 3 is 2.83 bits per heavy atom. The minimum Gasteiger partial charge on any atom is -0.434 e. The molecule has 7 heteroatoms. The summed E-state index contributed by atoms with van der Waals surface area (Å²) in [6, 6.07) is 9.66. The molecule has 0 fully saturated rings. The van der Waals surface area contributed by atoms with Gasteiger partial charge in [0.2, 0.25) is 0 Å². The molecule has 0 radical (unpaired) electrons. The highest BCUT2D eigenvalue weighted by molar-refractivity contribution is 9.10. The van der Waals surface area contributed by atoms with Crippen LogP contribution in [-0.4, -0.2) is 16.2 Å². The third-order valence-electron chi connectivity index (χ3n) is 4.25. The zero-order valence-corrected chi connectivity index (χ0v) is 13.9. The number of halogens is 4. The van der Waals surface area contributed by atoms with Gasteiger partial charge in [-0.1, -0.05) is 18.2 Å². The standard InChI is InChI=1S/C17H12BrF3N2O/c18-10-7-14-12(8-11(10)19)22-16-6-5-13(23(14)16)9-3-1-2-4-15(9)24-17(20)21/h1-4,7-8,13,17H,5-6H2/t13-/m1/s1. The van der Waals surface area contributed by atoms with E-state index in [1.54, 1.807) is 24.3 Å². The van der Waals surface area contributed by atoms with E-state index in [0.29, 0.717) is 22.0 Å². The number of fused-ring (bicyclic) bond motifs is 3. The Morgan fingerprint density at radius 1 is 1.25 bits per heavy atom. The minimum absolute atomic E-state index is 0.161. The van der Waals surface area contributed by atoms with Crippen LogP contribution in [0.2, 0.25) is 0 Å². The molecule has 0 bridgehead atoms. The third kappa shape index (κ3) is 2.47. The second-order valence-corrected chi connectivity index (χ2v) is 6.48. The molecule has 0 spiro atoms. The topological polar surface area (TPSA) is 27.1 Å². The van der Waals surface area contributed by atoms with Gasteiger partial charge in [0.05, 0.1) is 21.5 Å². The number of hydrogen-bond donors (Lipinski definition) is 0. The molecular weight excluding hydrogens is 385 g/mol. The van der Waals surface area contributed by atoms with Gasteiger partial charge in [-0.2, -0.15) is 8.78 Å². The van der Waals surface area contributed by atoms with Crippen molar-refractivity contribution in [2.75, 3.05) is 0 Å². The Bertz CT molecular complexity index is 926. The number of nitrogens with zero attached hydrogens (tertiary/aromatic N) is 2. The van der Waals surface area contributed by atoms with E-state index in [0.717, 1.165) is 17.8 Å². The lowest BCUT2D eigenvalue weighted by molar-refractivity contribution is -0.0506. The highest BCUT2D eigenvalue weighted by Crippen LogP contribution is 2.40. The predicted molar refractivity (Wildman–Crippen MR) is 86.9 cm³/mol. The highest BCUT2D eigenvalue weighted by Gasteiger charge is 2.30. The molecule has 3 aromatic rings. The van der Waals surface area contributed by atoms with Crippen molar-refractivity contribution in [2.45, 2.75) is 25.5 Å². The van der Waals surface area contributed by atoms with Crippen LogP contribution < -0.4 is 4.74 Å². The molecular formula is C17H12BrF3N2O. The summed E-state index contributed by atoms with van der Waals surface area (Å²) in [5.74, 6) is 0.602. The molecule has 1 atom stereocenters. The van der Waals surface area contributed by atoms with E-state index in [2.05, 4.69) is 25.7 Å². The lowest BCUT2D eigenvalue weighted by atomic mass is 10.0. The highest BCUT2D eigenvalue weighted by atomic mass is 79.9.